The summed E-state index contributed by atoms with van der Waals surface area (Å²) in [4.78, 5) is 26.2. The van der Waals surface area contributed by atoms with Gasteiger partial charge in [-0.15, -0.1) is 0 Å². The Morgan fingerprint density at radius 3 is 2.45 bits per heavy atom. The largest absolute Gasteiger partial charge is 0.384 e. The number of sulfone groups is 1. The second kappa shape index (κ2) is 5.72. The first-order valence-corrected chi connectivity index (χ1v) is 9.76. The fraction of sp³-hybridized carbons (Fsp3) is 0.714. The van der Waals surface area contributed by atoms with Gasteiger partial charge < -0.3 is 4.74 Å². The molecule has 0 bridgehead atoms. The van der Waals surface area contributed by atoms with Crippen LogP contribution >= 0.6 is 15.9 Å². The third kappa shape index (κ3) is 2.65. The molecule has 8 heteroatoms. The van der Waals surface area contributed by atoms with Gasteiger partial charge in [0.2, 0.25) is 5.91 Å². The normalized spacial score (nSPS) is 27.5. The highest BCUT2D eigenvalue weighted by molar-refractivity contribution is 9.09. The summed E-state index contributed by atoms with van der Waals surface area (Å²) < 4.78 is 29.8. The van der Waals surface area contributed by atoms with Crippen LogP contribution in [-0.4, -0.2) is 55.2 Å². The van der Waals surface area contributed by atoms with Gasteiger partial charge in [0, 0.05) is 17.9 Å². The molecule has 1 saturated heterocycles. The fourth-order valence-electron chi connectivity index (χ4n) is 2.80. The van der Waals surface area contributed by atoms with Crippen molar-refractivity contribution in [1.29, 1.82) is 0 Å². The van der Waals surface area contributed by atoms with E-state index in [1.54, 1.807) is 20.8 Å². The van der Waals surface area contributed by atoms with Gasteiger partial charge in [0.1, 0.15) is 0 Å². The molecule has 0 aromatic rings. The van der Waals surface area contributed by atoms with Crippen molar-refractivity contribution in [2.45, 2.75) is 26.1 Å². The molecule has 1 unspecified atom stereocenters. The maximum Gasteiger partial charge on any atom is 0.236 e. The summed E-state index contributed by atoms with van der Waals surface area (Å²) in [6.45, 7) is 5.30. The van der Waals surface area contributed by atoms with E-state index < -0.39 is 26.5 Å². The quantitative estimate of drug-likeness (QED) is 0.527. The average Bonchev–Trinajstić information content (AvgIpc) is 2.41. The van der Waals surface area contributed by atoms with Gasteiger partial charge in [-0.1, -0.05) is 36.7 Å². The molecule has 22 heavy (non-hydrogen) atoms. The molecule has 2 aliphatic heterocycles. The molecule has 1 fully saturated rings. The van der Waals surface area contributed by atoms with E-state index in [1.807, 2.05) is 0 Å². The molecular weight excluding hydrogens is 374 g/mol. The zero-order valence-corrected chi connectivity index (χ0v) is 15.5. The average molecular weight is 394 g/mol. The third-order valence-corrected chi connectivity index (χ3v) is 6.58. The van der Waals surface area contributed by atoms with Gasteiger partial charge in [0.15, 0.2) is 21.0 Å². The van der Waals surface area contributed by atoms with Crippen LogP contribution in [0.1, 0.15) is 20.8 Å². The van der Waals surface area contributed by atoms with Gasteiger partial charge in [-0.3, -0.25) is 14.5 Å². The van der Waals surface area contributed by atoms with Crippen LogP contribution in [0.15, 0.2) is 11.3 Å². The molecule has 0 radical (unpaired) electrons. The molecule has 0 saturated carbocycles. The van der Waals surface area contributed by atoms with E-state index >= 15 is 0 Å². The lowest BCUT2D eigenvalue weighted by atomic mass is 9.84. The van der Waals surface area contributed by atoms with E-state index in [2.05, 4.69) is 15.9 Å². The molecular formula is C14H20BrNO5S. The number of allylic oxidation sites excluding steroid dienone is 1. The van der Waals surface area contributed by atoms with Gasteiger partial charge in [-0.05, 0) is 5.57 Å². The van der Waals surface area contributed by atoms with Gasteiger partial charge in [0.05, 0.1) is 24.0 Å². The Bertz CT molecular complexity index is 647. The first-order chi connectivity index (χ1) is 10.1. The molecule has 0 aromatic carbocycles. The van der Waals surface area contributed by atoms with Crippen molar-refractivity contribution in [3.05, 3.63) is 11.3 Å². The highest BCUT2D eigenvalue weighted by Crippen LogP contribution is 2.42. The SMILES string of the molecule is COCC1C(=O)N2C(C(=O)C(C)(C)C)=C(CBr)CS(=O)(=O)[C@@H]12. The second-order valence-corrected chi connectivity index (χ2v) is 9.29. The second-order valence-electron chi connectivity index (χ2n) is 6.63. The molecule has 1 amide bonds. The van der Waals surface area contributed by atoms with Crippen molar-refractivity contribution < 1.29 is 22.7 Å². The number of carbonyl (C=O) groups is 2. The molecule has 0 spiro atoms. The molecule has 2 heterocycles. The van der Waals surface area contributed by atoms with Crippen LogP contribution in [0.2, 0.25) is 0 Å². The molecule has 2 rings (SSSR count). The fourth-order valence-corrected chi connectivity index (χ4v) is 5.65. The predicted octanol–water partition coefficient (Wildman–Crippen LogP) is 1.11. The standard InChI is InChI=1S/C14H20BrNO5S/c1-14(2,3)11(17)10-8(5-15)7-22(19,20)13-9(6-21-4)12(18)16(10)13/h9,13H,5-7H2,1-4H3/t9?,13-/m0/s1. The highest BCUT2D eigenvalue weighted by atomic mass is 79.9. The van der Waals surface area contributed by atoms with Crippen molar-refractivity contribution in [1.82, 2.24) is 4.90 Å². The minimum absolute atomic E-state index is 0.0415. The first kappa shape index (κ1) is 17.6. The lowest BCUT2D eigenvalue weighted by Crippen LogP contribution is -2.68. The molecule has 2 atom stereocenters. The topological polar surface area (TPSA) is 80.8 Å². The first-order valence-electron chi connectivity index (χ1n) is 6.92. The number of rotatable bonds is 4. The van der Waals surface area contributed by atoms with E-state index in [0.717, 1.165) is 4.90 Å². The molecule has 124 valence electrons. The Labute approximate surface area is 138 Å². The number of nitrogens with zero attached hydrogens (tertiary/aromatic N) is 1. The van der Waals surface area contributed by atoms with Gasteiger partial charge >= 0.3 is 0 Å². The van der Waals surface area contributed by atoms with Crippen LogP contribution in [0.5, 0.6) is 0 Å². The summed E-state index contributed by atoms with van der Waals surface area (Å²) in [5.41, 5.74) is -0.0111. The number of fused-ring (bicyclic) bond motifs is 1. The van der Waals surface area contributed by atoms with Crippen molar-refractivity contribution in [3.63, 3.8) is 0 Å². The maximum atomic E-state index is 12.7. The zero-order chi connectivity index (χ0) is 16.9. The number of hydrogen-bond acceptors (Lipinski definition) is 5. The van der Waals surface area contributed by atoms with Gasteiger partial charge in [0.25, 0.3) is 0 Å². The van der Waals surface area contributed by atoms with E-state index in [4.69, 9.17) is 4.74 Å². The van der Waals surface area contributed by atoms with Gasteiger partial charge in [-0.2, -0.15) is 0 Å². The Morgan fingerprint density at radius 1 is 1.41 bits per heavy atom. The van der Waals surface area contributed by atoms with E-state index in [-0.39, 0.29) is 35.1 Å². The summed E-state index contributed by atoms with van der Waals surface area (Å²) in [5.74, 6) is -1.51. The molecule has 2 aliphatic rings. The number of carbonyl (C=O) groups excluding carboxylic acids is 2. The molecule has 0 aromatic heterocycles. The lowest BCUT2D eigenvalue weighted by Gasteiger charge is -2.50. The Morgan fingerprint density at radius 2 is 2.00 bits per heavy atom. The van der Waals surface area contributed by atoms with Crippen LogP contribution in [0, 0.1) is 11.3 Å². The number of Topliss-reactive ketones (excluding diaryl/α,β-unsaturated/α-hetero) is 1. The minimum atomic E-state index is -3.52. The van der Waals surface area contributed by atoms with Gasteiger partial charge in [-0.25, -0.2) is 8.42 Å². The predicted molar refractivity (Wildman–Crippen MR) is 85.1 cm³/mol. The Balaban J connectivity index is 2.54. The Kier molecular flexibility index (Phi) is 4.58. The van der Waals surface area contributed by atoms with Crippen LogP contribution < -0.4 is 0 Å². The molecule has 6 nitrogen and oxygen atoms in total. The summed E-state index contributed by atoms with van der Waals surface area (Å²) >= 11 is 3.24. The minimum Gasteiger partial charge on any atom is -0.384 e. The Hall–Kier alpha value is -0.730. The van der Waals surface area contributed by atoms with Crippen LogP contribution in [-0.2, 0) is 24.2 Å². The number of hydrogen-bond donors (Lipinski definition) is 0. The van der Waals surface area contributed by atoms with Crippen LogP contribution in [0.3, 0.4) is 0 Å². The zero-order valence-electron chi connectivity index (χ0n) is 13.1. The van der Waals surface area contributed by atoms with E-state index in [9.17, 15) is 18.0 Å². The summed E-state index contributed by atoms with van der Waals surface area (Å²) in [7, 11) is -2.09. The maximum absolute atomic E-state index is 12.7. The van der Waals surface area contributed by atoms with Crippen molar-refractivity contribution in [2.24, 2.45) is 11.3 Å². The van der Waals surface area contributed by atoms with Crippen molar-refractivity contribution >= 4 is 37.5 Å². The monoisotopic (exact) mass is 393 g/mol. The van der Waals surface area contributed by atoms with E-state index in [1.165, 1.54) is 7.11 Å². The number of halogens is 1. The number of amides is 1. The van der Waals surface area contributed by atoms with Crippen molar-refractivity contribution in [2.75, 3.05) is 24.8 Å². The number of β-lactam (4-membered cyclic amide) rings is 1. The number of ketones is 1. The van der Waals surface area contributed by atoms with Crippen LogP contribution in [0.4, 0.5) is 0 Å². The summed E-state index contributed by atoms with van der Waals surface area (Å²) in [6.07, 6.45) is 0. The third-order valence-electron chi connectivity index (χ3n) is 3.88. The number of ether oxygens (including phenoxy) is 1. The number of methoxy groups -OCH3 is 1. The smallest absolute Gasteiger partial charge is 0.236 e. The summed E-state index contributed by atoms with van der Waals surface area (Å²) in [5, 5.41) is -0.737. The van der Waals surface area contributed by atoms with Crippen LogP contribution in [0.25, 0.3) is 0 Å². The lowest BCUT2D eigenvalue weighted by molar-refractivity contribution is -0.153. The van der Waals surface area contributed by atoms with E-state index in [0.29, 0.717) is 5.57 Å². The number of alkyl halides is 1. The van der Waals surface area contributed by atoms with Crippen molar-refractivity contribution in [3.8, 4) is 0 Å². The molecule has 0 N–H and O–H groups in total. The highest BCUT2D eigenvalue weighted by Gasteiger charge is 2.59. The molecule has 0 aliphatic carbocycles. The summed E-state index contributed by atoms with van der Waals surface area (Å²) in [6, 6.07) is 0.